The number of nitrogens with zero attached hydrogens (tertiary/aromatic N) is 2. The quantitative estimate of drug-likeness (QED) is 0.785. The van der Waals surface area contributed by atoms with Crippen molar-refractivity contribution < 1.29 is 4.74 Å². The number of nitrogens with one attached hydrogen (secondary N) is 1. The summed E-state index contributed by atoms with van der Waals surface area (Å²) in [6.07, 6.45) is 0. The van der Waals surface area contributed by atoms with Crippen molar-refractivity contribution in [2.75, 3.05) is 7.11 Å². The molecule has 0 aliphatic carbocycles. The van der Waals surface area contributed by atoms with Gasteiger partial charge in [0.15, 0.2) is 0 Å². The van der Waals surface area contributed by atoms with Crippen LogP contribution in [0.5, 0.6) is 5.75 Å². The number of rotatable bonds is 5. The molecule has 23 heavy (non-hydrogen) atoms. The smallest absolute Gasteiger partial charge is 0.328 e. The standard InChI is InChI=1S/C18H21N3O2/c1-20-16-9-6-14(10-17(16)21(2)18(20)22)12-19-11-13-4-7-15(23-3)8-5-13/h4-10,19H,11-12H2,1-3H3. The second kappa shape index (κ2) is 6.30. The lowest BCUT2D eigenvalue weighted by atomic mass is 10.1. The maximum Gasteiger partial charge on any atom is 0.328 e. The largest absolute Gasteiger partial charge is 0.497 e. The first kappa shape index (κ1) is 15.4. The Morgan fingerprint density at radius 2 is 1.52 bits per heavy atom. The van der Waals surface area contributed by atoms with E-state index in [0.717, 1.165) is 35.4 Å². The number of aryl methyl sites for hydroxylation is 2. The van der Waals surface area contributed by atoms with Crippen LogP contribution in [0.2, 0.25) is 0 Å². The Bertz CT molecular complexity index is 876. The number of fused-ring (bicyclic) bond motifs is 1. The molecule has 0 bridgehead atoms. The molecule has 0 saturated carbocycles. The van der Waals surface area contributed by atoms with E-state index in [9.17, 15) is 4.79 Å². The molecule has 0 amide bonds. The zero-order valence-electron chi connectivity index (χ0n) is 13.7. The van der Waals surface area contributed by atoms with Gasteiger partial charge < -0.3 is 10.1 Å². The molecule has 5 nitrogen and oxygen atoms in total. The fourth-order valence-corrected chi connectivity index (χ4v) is 2.76. The summed E-state index contributed by atoms with van der Waals surface area (Å²) in [6.45, 7) is 1.54. The van der Waals surface area contributed by atoms with Gasteiger partial charge in [0.2, 0.25) is 0 Å². The zero-order chi connectivity index (χ0) is 16.4. The highest BCUT2D eigenvalue weighted by atomic mass is 16.5. The van der Waals surface area contributed by atoms with Crippen LogP contribution in [0.4, 0.5) is 0 Å². The van der Waals surface area contributed by atoms with Crippen LogP contribution in [0, 0.1) is 0 Å². The first-order valence-corrected chi connectivity index (χ1v) is 7.58. The van der Waals surface area contributed by atoms with Gasteiger partial charge in [0, 0.05) is 27.2 Å². The number of methoxy groups -OCH3 is 1. The van der Waals surface area contributed by atoms with Crippen molar-refractivity contribution in [1.82, 2.24) is 14.5 Å². The van der Waals surface area contributed by atoms with E-state index in [2.05, 4.69) is 29.6 Å². The maximum absolute atomic E-state index is 12.0. The molecular formula is C18H21N3O2. The SMILES string of the molecule is COc1ccc(CNCc2ccc3c(c2)n(C)c(=O)n3C)cc1. The Morgan fingerprint density at radius 3 is 2.22 bits per heavy atom. The Morgan fingerprint density at radius 1 is 0.913 bits per heavy atom. The molecule has 0 atom stereocenters. The van der Waals surface area contributed by atoms with Gasteiger partial charge >= 0.3 is 5.69 Å². The van der Waals surface area contributed by atoms with Crippen molar-refractivity contribution in [2.24, 2.45) is 14.1 Å². The van der Waals surface area contributed by atoms with Crippen molar-refractivity contribution in [3.8, 4) is 5.75 Å². The fourth-order valence-electron chi connectivity index (χ4n) is 2.76. The van der Waals surface area contributed by atoms with Gasteiger partial charge in [0.1, 0.15) is 5.75 Å². The molecule has 5 heteroatoms. The molecular weight excluding hydrogens is 290 g/mol. The predicted molar refractivity (Wildman–Crippen MR) is 91.7 cm³/mol. The normalized spacial score (nSPS) is 11.1. The molecule has 1 N–H and O–H groups in total. The average molecular weight is 311 g/mol. The van der Waals surface area contributed by atoms with Crippen molar-refractivity contribution in [3.05, 3.63) is 64.1 Å². The number of ether oxygens (including phenoxy) is 1. The third-order valence-electron chi connectivity index (χ3n) is 4.15. The molecule has 120 valence electrons. The highest BCUT2D eigenvalue weighted by Crippen LogP contribution is 2.14. The average Bonchev–Trinajstić information content (AvgIpc) is 2.80. The van der Waals surface area contributed by atoms with Gasteiger partial charge in [-0.05, 0) is 35.4 Å². The summed E-state index contributed by atoms with van der Waals surface area (Å²) < 4.78 is 8.51. The summed E-state index contributed by atoms with van der Waals surface area (Å²) in [4.78, 5) is 12.0. The number of imidazole rings is 1. The number of hydrogen-bond donors (Lipinski definition) is 1. The minimum absolute atomic E-state index is 0.00309. The Balaban J connectivity index is 1.69. The van der Waals surface area contributed by atoms with E-state index in [1.807, 2.05) is 18.2 Å². The van der Waals surface area contributed by atoms with Crippen LogP contribution < -0.4 is 15.7 Å². The van der Waals surface area contributed by atoms with Crippen molar-refractivity contribution in [2.45, 2.75) is 13.1 Å². The second-order valence-electron chi connectivity index (χ2n) is 5.68. The molecule has 0 aliphatic heterocycles. The third kappa shape index (κ3) is 3.00. The number of aromatic nitrogens is 2. The van der Waals surface area contributed by atoms with Gasteiger partial charge in [0.05, 0.1) is 18.1 Å². The monoisotopic (exact) mass is 311 g/mol. The van der Waals surface area contributed by atoms with Crippen molar-refractivity contribution in [3.63, 3.8) is 0 Å². The molecule has 0 aliphatic rings. The predicted octanol–water partition coefficient (Wildman–Crippen LogP) is 2.18. The summed E-state index contributed by atoms with van der Waals surface area (Å²) >= 11 is 0. The molecule has 3 aromatic rings. The third-order valence-corrected chi connectivity index (χ3v) is 4.15. The Labute approximate surface area is 135 Å². The Hall–Kier alpha value is -2.53. The van der Waals surface area contributed by atoms with E-state index in [-0.39, 0.29) is 5.69 Å². The summed E-state index contributed by atoms with van der Waals surface area (Å²) in [6, 6.07) is 14.2. The van der Waals surface area contributed by atoms with Gasteiger partial charge in [-0.25, -0.2) is 4.79 Å². The van der Waals surface area contributed by atoms with Crippen LogP contribution in [-0.4, -0.2) is 16.2 Å². The van der Waals surface area contributed by atoms with Crippen molar-refractivity contribution in [1.29, 1.82) is 0 Å². The lowest BCUT2D eigenvalue weighted by Crippen LogP contribution is -2.19. The van der Waals surface area contributed by atoms with E-state index >= 15 is 0 Å². The van der Waals surface area contributed by atoms with Gasteiger partial charge in [-0.3, -0.25) is 9.13 Å². The van der Waals surface area contributed by atoms with E-state index < -0.39 is 0 Å². The first-order chi connectivity index (χ1) is 11.1. The van der Waals surface area contributed by atoms with E-state index in [4.69, 9.17) is 4.74 Å². The highest BCUT2D eigenvalue weighted by molar-refractivity contribution is 5.76. The van der Waals surface area contributed by atoms with Crippen molar-refractivity contribution >= 4 is 11.0 Å². The molecule has 0 radical (unpaired) electrons. The highest BCUT2D eigenvalue weighted by Gasteiger charge is 2.07. The molecule has 1 aromatic heterocycles. The van der Waals surface area contributed by atoms with Gasteiger partial charge in [0.25, 0.3) is 0 Å². The first-order valence-electron chi connectivity index (χ1n) is 7.58. The number of hydrogen-bond acceptors (Lipinski definition) is 3. The summed E-state index contributed by atoms with van der Waals surface area (Å²) in [7, 11) is 5.27. The minimum atomic E-state index is 0.00309. The topological polar surface area (TPSA) is 48.2 Å². The van der Waals surface area contributed by atoms with Gasteiger partial charge in [-0.15, -0.1) is 0 Å². The maximum atomic E-state index is 12.0. The Kier molecular flexibility index (Phi) is 4.21. The zero-order valence-corrected chi connectivity index (χ0v) is 13.7. The van der Waals surface area contributed by atoms with E-state index in [1.165, 1.54) is 5.56 Å². The van der Waals surface area contributed by atoms with E-state index in [1.54, 1.807) is 30.3 Å². The van der Waals surface area contributed by atoms with Crippen LogP contribution in [0.25, 0.3) is 11.0 Å². The molecule has 0 saturated heterocycles. The fraction of sp³-hybridized carbons (Fsp3) is 0.278. The van der Waals surface area contributed by atoms with Gasteiger partial charge in [-0.2, -0.15) is 0 Å². The lowest BCUT2D eigenvalue weighted by molar-refractivity contribution is 0.414. The van der Waals surface area contributed by atoms with Crippen LogP contribution in [0.1, 0.15) is 11.1 Å². The molecule has 0 fully saturated rings. The van der Waals surface area contributed by atoms with Gasteiger partial charge in [-0.1, -0.05) is 18.2 Å². The molecule has 0 unspecified atom stereocenters. The summed E-state index contributed by atoms with van der Waals surface area (Å²) in [5.74, 6) is 0.865. The number of benzene rings is 2. The molecule has 3 rings (SSSR count). The summed E-state index contributed by atoms with van der Waals surface area (Å²) in [5, 5.41) is 3.43. The lowest BCUT2D eigenvalue weighted by Gasteiger charge is -2.07. The molecule has 0 spiro atoms. The molecule has 2 aromatic carbocycles. The van der Waals surface area contributed by atoms with Crippen LogP contribution >= 0.6 is 0 Å². The molecule has 1 heterocycles. The van der Waals surface area contributed by atoms with Crippen LogP contribution in [-0.2, 0) is 27.2 Å². The summed E-state index contributed by atoms with van der Waals surface area (Å²) in [5.41, 5.74) is 4.28. The minimum Gasteiger partial charge on any atom is -0.497 e. The second-order valence-corrected chi connectivity index (χ2v) is 5.68. The van der Waals surface area contributed by atoms with E-state index in [0.29, 0.717) is 0 Å². The van der Waals surface area contributed by atoms with Crippen LogP contribution in [0.3, 0.4) is 0 Å². The van der Waals surface area contributed by atoms with Crippen LogP contribution in [0.15, 0.2) is 47.3 Å².